The van der Waals surface area contributed by atoms with Crippen molar-refractivity contribution in [2.45, 2.75) is 32.1 Å². The molecule has 0 unspecified atom stereocenters. The number of aromatic carboxylic acids is 1. The largest absolute Gasteiger partial charge is 0.478 e. The van der Waals surface area contributed by atoms with E-state index in [1.807, 2.05) is 11.0 Å². The molecule has 1 atom stereocenters. The number of carboxylic acid groups (broad SMARTS) is 1. The second kappa shape index (κ2) is 6.93. The summed E-state index contributed by atoms with van der Waals surface area (Å²) in [6.45, 7) is 2.09. The van der Waals surface area contributed by atoms with Crippen molar-refractivity contribution in [3.63, 3.8) is 0 Å². The predicted octanol–water partition coefficient (Wildman–Crippen LogP) is 2.59. The molecule has 5 nitrogen and oxygen atoms in total. The second-order valence-corrected chi connectivity index (χ2v) is 7.18. The lowest BCUT2D eigenvalue weighted by Crippen LogP contribution is -2.49. The van der Waals surface area contributed by atoms with Gasteiger partial charge in [-0.2, -0.15) is 0 Å². The van der Waals surface area contributed by atoms with E-state index >= 15 is 0 Å². The molecular formula is C19H25NO4. The van der Waals surface area contributed by atoms with Crippen LogP contribution in [0.3, 0.4) is 0 Å². The number of nitrogens with zero attached hydrogens (tertiary/aromatic N) is 1. The van der Waals surface area contributed by atoms with Crippen LogP contribution in [0.4, 0.5) is 0 Å². The van der Waals surface area contributed by atoms with Crippen LogP contribution in [-0.2, 0) is 16.0 Å². The number of benzene rings is 1. The van der Waals surface area contributed by atoms with Gasteiger partial charge in [-0.15, -0.1) is 0 Å². The molecule has 130 valence electrons. The highest BCUT2D eigenvalue weighted by Gasteiger charge is 2.47. The number of methoxy groups -OCH3 is 1. The summed E-state index contributed by atoms with van der Waals surface area (Å²) in [4.78, 5) is 25.9. The van der Waals surface area contributed by atoms with Gasteiger partial charge in [0.1, 0.15) is 0 Å². The molecule has 0 spiro atoms. The van der Waals surface area contributed by atoms with Crippen LogP contribution in [0, 0.1) is 11.3 Å². The maximum absolute atomic E-state index is 12.8. The summed E-state index contributed by atoms with van der Waals surface area (Å²) in [5.41, 5.74) is 1.07. The van der Waals surface area contributed by atoms with Crippen LogP contribution in [-0.4, -0.2) is 48.7 Å². The van der Waals surface area contributed by atoms with Crippen molar-refractivity contribution in [3.8, 4) is 0 Å². The highest BCUT2D eigenvalue weighted by atomic mass is 16.5. The first-order valence-corrected chi connectivity index (χ1v) is 8.65. The molecule has 0 radical (unpaired) electrons. The van der Waals surface area contributed by atoms with Crippen molar-refractivity contribution >= 4 is 11.9 Å². The molecule has 24 heavy (non-hydrogen) atoms. The van der Waals surface area contributed by atoms with E-state index in [-0.39, 0.29) is 11.3 Å². The van der Waals surface area contributed by atoms with Crippen molar-refractivity contribution in [3.05, 3.63) is 35.4 Å². The lowest BCUT2D eigenvalue weighted by molar-refractivity contribution is -0.151. The van der Waals surface area contributed by atoms with Gasteiger partial charge in [-0.1, -0.05) is 18.6 Å². The first kappa shape index (κ1) is 17.0. The topological polar surface area (TPSA) is 66.8 Å². The van der Waals surface area contributed by atoms with Gasteiger partial charge in [-0.3, -0.25) is 4.79 Å². The Morgan fingerprint density at radius 3 is 2.79 bits per heavy atom. The quantitative estimate of drug-likeness (QED) is 0.870. The summed E-state index contributed by atoms with van der Waals surface area (Å²) in [6.07, 6.45) is 4.77. The fourth-order valence-electron chi connectivity index (χ4n) is 3.98. The number of amides is 1. The predicted molar refractivity (Wildman–Crippen MR) is 90.0 cm³/mol. The summed E-state index contributed by atoms with van der Waals surface area (Å²) in [6, 6.07) is 7.11. The minimum Gasteiger partial charge on any atom is -0.478 e. The molecule has 1 saturated heterocycles. The Hall–Kier alpha value is -1.88. The number of carbonyl (C=O) groups is 2. The maximum atomic E-state index is 12.8. The van der Waals surface area contributed by atoms with Crippen LogP contribution in [0.15, 0.2) is 24.3 Å². The lowest BCUT2D eigenvalue weighted by atomic mass is 9.68. The molecule has 1 saturated carbocycles. The van der Waals surface area contributed by atoms with Crippen LogP contribution >= 0.6 is 0 Å². The lowest BCUT2D eigenvalue weighted by Gasteiger charge is -2.42. The monoisotopic (exact) mass is 331 g/mol. The van der Waals surface area contributed by atoms with E-state index < -0.39 is 5.97 Å². The third kappa shape index (κ3) is 3.31. The molecule has 1 aliphatic heterocycles. The van der Waals surface area contributed by atoms with Crippen molar-refractivity contribution in [2.24, 2.45) is 11.3 Å². The average Bonchev–Trinajstić information content (AvgIpc) is 2.99. The van der Waals surface area contributed by atoms with Crippen LogP contribution in [0.25, 0.3) is 0 Å². The normalized spacial score (nSPS) is 22.2. The summed E-state index contributed by atoms with van der Waals surface area (Å²) in [7, 11) is 1.66. The van der Waals surface area contributed by atoms with Gasteiger partial charge in [0.2, 0.25) is 5.91 Å². The molecule has 3 rings (SSSR count). The second-order valence-electron chi connectivity index (χ2n) is 7.18. The van der Waals surface area contributed by atoms with E-state index in [1.165, 1.54) is 0 Å². The molecule has 0 aromatic heterocycles. The zero-order chi connectivity index (χ0) is 17.2. The fraction of sp³-hybridized carbons (Fsp3) is 0.579. The Balaban J connectivity index is 1.60. The van der Waals surface area contributed by atoms with Gasteiger partial charge in [0.05, 0.1) is 17.6 Å². The number of ether oxygens (including phenoxy) is 1. The zero-order valence-electron chi connectivity index (χ0n) is 14.2. The molecule has 1 aromatic rings. The van der Waals surface area contributed by atoms with E-state index in [9.17, 15) is 9.59 Å². The Labute approximate surface area is 142 Å². The molecule has 0 bridgehead atoms. The minimum atomic E-state index is -0.897. The number of hydrogen-bond acceptors (Lipinski definition) is 3. The average molecular weight is 331 g/mol. The number of rotatable bonds is 6. The van der Waals surface area contributed by atoms with E-state index in [1.54, 1.807) is 25.3 Å². The molecule has 5 heteroatoms. The number of likely N-dealkylation sites (tertiary alicyclic amines) is 1. The molecule has 1 N–H and O–H groups in total. The number of hydrogen-bond donors (Lipinski definition) is 1. The summed E-state index contributed by atoms with van der Waals surface area (Å²) in [5.74, 6) is -0.248. The van der Waals surface area contributed by atoms with Gasteiger partial charge in [0, 0.05) is 20.2 Å². The molecule has 1 aliphatic carbocycles. The van der Waals surface area contributed by atoms with Gasteiger partial charge in [0.15, 0.2) is 0 Å². The molecule has 2 aliphatic rings. The van der Waals surface area contributed by atoms with Crippen LogP contribution in [0.2, 0.25) is 0 Å². The highest BCUT2D eigenvalue weighted by Crippen LogP contribution is 2.43. The van der Waals surface area contributed by atoms with Crippen molar-refractivity contribution < 1.29 is 19.4 Å². The smallest absolute Gasteiger partial charge is 0.335 e. The Morgan fingerprint density at radius 1 is 1.38 bits per heavy atom. The third-order valence-electron chi connectivity index (χ3n) is 5.46. The van der Waals surface area contributed by atoms with Gasteiger partial charge in [0.25, 0.3) is 0 Å². The molecule has 1 amide bonds. The van der Waals surface area contributed by atoms with E-state index in [2.05, 4.69) is 0 Å². The van der Waals surface area contributed by atoms with Gasteiger partial charge >= 0.3 is 5.97 Å². The standard InChI is InChI=1S/C19H25NO4/c1-24-13-19(7-3-8-19)18(23)20-9-6-15(12-20)10-14-4-2-5-16(11-14)17(21)22/h2,4-5,11,15H,3,6-10,12-13H2,1H3,(H,21,22)/t15-/m0/s1. The molecule has 1 heterocycles. The fourth-order valence-corrected chi connectivity index (χ4v) is 3.98. The summed E-state index contributed by atoms with van der Waals surface area (Å²) >= 11 is 0. The first-order valence-electron chi connectivity index (χ1n) is 8.65. The first-order chi connectivity index (χ1) is 11.5. The minimum absolute atomic E-state index is 0.248. The molecule has 1 aromatic carbocycles. The van der Waals surface area contributed by atoms with Gasteiger partial charge in [-0.05, 0) is 49.3 Å². The highest BCUT2D eigenvalue weighted by molar-refractivity contribution is 5.87. The maximum Gasteiger partial charge on any atom is 0.335 e. The number of carbonyl (C=O) groups excluding carboxylic acids is 1. The van der Waals surface area contributed by atoms with Crippen LogP contribution in [0.1, 0.15) is 41.6 Å². The Morgan fingerprint density at radius 2 is 2.17 bits per heavy atom. The van der Waals surface area contributed by atoms with E-state index in [0.29, 0.717) is 18.1 Å². The summed E-state index contributed by atoms with van der Waals surface area (Å²) < 4.78 is 5.28. The summed E-state index contributed by atoms with van der Waals surface area (Å²) in [5, 5.41) is 9.09. The van der Waals surface area contributed by atoms with Crippen molar-refractivity contribution in [2.75, 3.05) is 26.8 Å². The van der Waals surface area contributed by atoms with Crippen molar-refractivity contribution in [1.82, 2.24) is 4.90 Å². The number of carboxylic acids is 1. The third-order valence-corrected chi connectivity index (χ3v) is 5.46. The SMILES string of the molecule is COCC1(C(=O)N2CC[C@@H](Cc3cccc(C(=O)O)c3)C2)CCC1. The molecular weight excluding hydrogens is 306 g/mol. The Kier molecular flexibility index (Phi) is 4.90. The van der Waals surface area contributed by atoms with Crippen LogP contribution in [0.5, 0.6) is 0 Å². The zero-order valence-corrected chi connectivity index (χ0v) is 14.2. The van der Waals surface area contributed by atoms with Gasteiger partial charge < -0.3 is 14.7 Å². The molecule has 2 fully saturated rings. The van der Waals surface area contributed by atoms with Crippen LogP contribution < -0.4 is 0 Å². The van der Waals surface area contributed by atoms with E-state index in [0.717, 1.165) is 50.8 Å². The Bertz CT molecular complexity index is 624. The van der Waals surface area contributed by atoms with Gasteiger partial charge in [-0.25, -0.2) is 4.79 Å². The van der Waals surface area contributed by atoms with E-state index in [4.69, 9.17) is 9.84 Å². The van der Waals surface area contributed by atoms with Crippen molar-refractivity contribution in [1.29, 1.82) is 0 Å².